The third-order valence-corrected chi connectivity index (χ3v) is 3.90. The largest absolute Gasteiger partial charge is 0.480 e. The van der Waals surface area contributed by atoms with E-state index in [9.17, 15) is 19.2 Å². The lowest BCUT2D eigenvalue weighted by Crippen LogP contribution is -2.54. The standard InChI is InChI=1S/C15H26N4O5/c1-8(2)6-9(16)14(22)19-5-3-4-11(19)13(21)18-10(15(23)24)7-12(17)20/h8-11H,3-7,16H2,1-2H3,(H2,17,20)(H,18,21)(H,23,24)/t9-,10-,11-/m0/s1. The zero-order chi connectivity index (χ0) is 18.4. The number of carboxylic acids is 1. The molecule has 1 aliphatic heterocycles. The summed E-state index contributed by atoms with van der Waals surface area (Å²) in [5, 5.41) is 11.3. The number of rotatable bonds is 8. The molecule has 3 amide bonds. The summed E-state index contributed by atoms with van der Waals surface area (Å²) in [6, 6.07) is -2.87. The van der Waals surface area contributed by atoms with Gasteiger partial charge < -0.3 is 26.8 Å². The van der Waals surface area contributed by atoms with Crippen LogP contribution in [0.15, 0.2) is 0 Å². The van der Waals surface area contributed by atoms with Gasteiger partial charge in [-0.3, -0.25) is 14.4 Å². The molecule has 0 aromatic heterocycles. The summed E-state index contributed by atoms with van der Waals surface area (Å²) in [5.41, 5.74) is 10.9. The number of carboxylic acid groups (broad SMARTS) is 1. The Bertz CT molecular complexity index is 508. The van der Waals surface area contributed by atoms with Crippen molar-refractivity contribution in [3.63, 3.8) is 0 Å². The minimum absolute atomic E-state index is 0.241. The van der Waals surface area contributed by atoms with Crippen LogP contribution in [0.3, 0.4) is 0 Å². The van der Waals surface area contributed by atoms with E-state index in [1.54, 1.807) is 0 Å². The van der Waals surface area contributed by atoms with Gasteiger partial charge in [0.1, 0.15) is 12.1 Å². The van der Waals surface area contributed by atoms with E-state index < -0.39 is 42.3 Å². The van der Waals surface area contributed by atoms with E-state index in [1.807, 2.05) is 13.8 Å². The predicted octanol–water partition coefficient (Wildman–Crippen LogP) is -1.20. The number of likely N-dealkylation sites (tertiary alicyclic amines) is 1. The Labute approximate surface area is 140 Å². The summed E-state index contributed by atoms with van der Waals surface area (Å²) in [6.07, 6.45) is 1.05. The molecule has 24 heavy (non-hydrogen) atoms. The van der Waals surface area contributed by atoms with E-state index >= 15 is 0 Å². The first kappa shape index (κ1) is 19.9. The number of nitrogens with zero attached hydrogens (tertiary/aromatic N) is 1. The molecule has 3 atom stereocenters. The fourth-order valence-electron chi connectivity index (χ4n) is 2.79. The molecule has 0 aromatic carbocycles. The second-order valence-corrected chi connectivity index (χ2v) is 6.50. The van der Waals surface area contributed by atoms with Crippen LogP contribution in [0.2, 0.25) is 0 Å². The van der Waals surface area contributed by atoms with Crippen molar-refractivity contribution in [2.45, 2.75) is 57.7 Å². The number of primary amides is 1. The lowest BCUT2D eigenvalue weighted by molar-refractivity contribution is -0.145. The van der Waals surface area contributed by atoms with E-state index in [4.69, 9.17) is 16.6 Å². The summed E-state index contributed by atoms with van der Waals surface area (Å²) < 4.78 is 0. The monoisotopic (exact) mass is 342 g/mol. The van der Waals surface area contributed by atoms with Crippen molar-refractivity contribution in [2.75, 3.05) is 6.54 Å². The molecule has 9 heteroatoms. The lowest BCUT2D eigenvalue weighted by atomic mass is 10.0. The zero-order valence-electron chi connectivity index (χ0n) is 14.0. The molecule has 1 saturated heterocycles. The molecule has 1 fully saturated rings. The molecule has 0 aliphatic carbocycles. The number of nitrogens with two attached hydrogens (primary N) is 2. The van der Waals surface area contributed by atoms with Crippen LogP contribution >= 0.6 is 0 Å². The molecule has 0 unspecified atom stereocenters. The van der Waals surface area contributed by atoms with Crippen molar-refractivity contribution in [3.8, 4) is 0 Å². The first-order chi connectivity index (χ1) is 11.1. The van der Waals surface area contributed by atoms with Gasteiger partial charge in [-0.1, -0.05) is 13.8 Å². The van der Waals surface area contributed by atoms with Crippen molar-refractivity contribution in [2.24, 2.45) is 17.4 Å². The molecule has 0 radical (unpaired) electrons. The maximum absolute atomic E-state index is 12.4. The summed E-state index contributed by atoms with van der Waals surface area (Å²) in [4.78, 5) is 48.2. The van der Waals surface area contributed by atoms with Crippen molar-refractivity contribution in [3.05, 3.63) is 0 Å². The van der Waals surface area contributed by atoms with Crippen LogP contribution < -0.4 is 16.8 Å². The Morgan fingerprint density at radius 3 is 2.42 bits per heavy atom. The number of hydrogen-bond acceptors (Lipinski definition) is 5. The molecule has 1 heterocycles. The second-order valence-electron chi connectivity index (χ2n) is 6.50. The molecule has 136 valence electrons. The SMILES string of the molecule is CC(C)C[C@H](N)C(=O)N1CCC[C@H]1C(=O)N[C@@H](CC(N)=O)C(=O)O. The molecule has 0 aromatic rings. The molecule has 6 N–H and O–H groups in total. The molecule has 0 spiro atoms. The Morgan fingerprint density at radius 2 is 1.92 bits per heavy atom. The van der Waals surface area contributed by atoms with Crippen LogP contribution in [0.1, 0.15) is 39.5 Å². The van der Waals surface area contributed by atoms with Crippen LogP contribution in [0.25, 0.3) is 0 Å². The van der Waals surface area contributed by atoms with Gasteiger partial charge in [-0.25, -0.2) is 4.79 Å². The highest BCUT2D eigenvalue weighted by molar-refractivity contribution is 5.93. The highest BCUT2D eigenvalue weighted by Gasteiger charge is 2.37. The van der Waals surface area contributed by atoms with Gasteiger partial charge >= 0.3 is 5.97 Å². The van der Waals surface area contributed by atoms with Gasteiger partial charge in [0.25, 0.3) is 0 Å². The van der Waals surface area contributed by atoms with Gasteiger partial charge in [0, 0.05) is 6.54 Å². The average molecular weight is 342 g/mol. The van der Waals surface area contributed by atoms with Crippen molar-refractivity contribution in [1.82, 2.24) is 10.2 Å². The first-order valence-electron chi connectivity index (χ1n) is 8.01. The maximum Gasteiger partial charge on any atom is 0.326 e. The molecule has 9 nitrogen and oxygen atoms in total. The molecule has 1 aliphatic rings. The van der Waals surface area contributed by atoms with Crippen LogP contribution in [0.5, 0.6) is 0 Å². The number of carbonyl (C=O) groups excluding carboxylic acids is 3. The minimum Gasteiger partial charge on any atom is -0.480 e. The Morgan fingerprint density at radius 1 is 1.29 bits per heavy atom. The van der Waals surface area contributed by atoms with Gasteiger partial charge in [0.05, 0.1) is 12.5 Å². The molecular weight excluding hydrogens is 316 g/mol. The molecule has 0 saturated carbocycles. The van der Waals surface area contributed by atoms with Gasteiger partial charge in [-0.15, -0.1) is 0 Å². The number of carbonyl (C=O) groups is 4. The van der Waals surface area contributed by atoms with Crippen molar-refractivity contribution >= 4 is 23.7 Å². The topological polar surface area (TPSA) is 156 Å². The molecule has 1 rings (SSSR count). The Kier molecular flexibility index (Phi) is 7.15. The Balaban J connectivity index is 2.76. The van der Waals surface area contributed by atoms with Crippen LogP contribution in [-0.4, -0.2) is 58.4 Å². The number of aliphatic carboxylic acids is 1. The average Bonchev–Trinajstić information content (AvgIpc) is 2.93. The number of hydrogen-bond donors (Lipinski definition) is 4. The van der Waals surface area contributed by atoms with Crippen LogP contribution in [-0.2, 0) is 19.2 Å². The van der Waals surface area contributed by atoms with Crippen LogP contribution in [0, 0.1) is 5.92 Å². The zero-order valence-corrected chi connectivity index (χ0v) is 14.0. The molecular formula is C15H26N4O5. The second kappa shape index (κ2) is 8.62. The van der Waals surface area contributed by atoms with Gasteiger partial charge in [0.15, 0.2) is 0 Å². The highest BCUT2D eigenvalue weighted by Crippen LogP contribution is 2.20. The van der Waals surface area contributed by atoms with Crippen molar-refractivity contribution < 1.29 is 24.3 Å². The maximum atomic E-state index is 12.4. The summed E-state index contributed by atoms with van der Waals surface area (Å²) >= 11 is 0. The summed E-state index contributed by atoms with van der Waals surface area (Å²) in [5.74, 6) is -2.87. The Hall–Kier alpha value is -2.16. The van der Waals surface area contributed by atoms with E-state index in [1.165, 1.54) is 4.90 Å². The number of nitrogens with one attached hydrogen (secondary N) is 1. The van der Waals surface area contributed by atoms with E-state index in [0.29, 0.717) is 25.8 Å². The third-order valence-electron chi connectivity index (χ3n) is 3.90. The lowest BCUT2D eigenvalue weighted by Gasteiger charge is -2.28. The fraction of sp³-hybridized carbons (Fsp3) is 0.733. The van der Waals surface area contributed by atoms with Crippen LogP contribution in [0.4, 0.5) is 0 Å². The van der Waals surface area contributed by atoms with Gasteiger partial charge in [-0.2, -0.15) is 0 Å². The first-order valence-corrected chi connectivity index (χ1v) is 8.01. The summed E-state index contributed by atoms with van der Waals surface area (Å²) in [7, 11) is 0. The quantitative estimate of drug-likeness (QED) is 0.434. The number of amides is 3. The predicted molar refractivity (Wildman–Crippen MR) is 85.5 cm³/mol. The minimum atomic E-state index is -1.41. The van der Waals surface area contributed by atoms with Gasteiger partial charge in [0.2, 0.25) is 17.7 Å². The molecule has 0 bridgehead atoms. The van der Waals surface area contributed by atoms with E-state index in [2.05, 4.69) is 5.32 Å². The smallest absolute Gasteiger partial charge is 0.326 e. The van der Waals surface area contributed by atoms with E-state index in [-0.39, 0.29) is 11.8 Å². The normalized spacial score (nSPS) is 19.8. The fourth-order valence-corrected chi connectivity index (χ4v) is 2.79. The van der Waals surface area contributed by atoms with E-state index in [0.717, 1.165) is 0 Å². The van der Waals surface area contributed by atoms with Crippen molar-refractivity contribution in [1.29, 1.82) is 0 Å². The third kappa shape index (κ3) is 5.48. The highest BCUT2D eigenvalue weighted by atomic mass is 16.4. The summed E-state index contributed by atoms with van der Waals surface area (Å²) in [6.45, 7) is 4.29. The van der Waals surface area contributed by atoms with Gasteiger partial charge in [-0.05, 0) is 25.2 Å².